The van der Waals surface area contributed by atoms with Crippen LogP contribution in [0.4, 0.5) is 4.39 Å². The van der Waals surface area contributed by atoms with Crippen LogP contribution in [-0.4, -0.2) is 10.1 Å². The Morgan fingerprint density at radius 3 is 2.65 bits per heavy atom. The highest BCUT2D eigenvalue weighted by Crippen LogP contribution is 2.41. The summed E-state index contributed by atoms with van der Waals surface area (Å²) in [7, 11) is 0. The molecular formula is C13H12FNOS. The lowest BCUT2D eigenvalue weighted by Crippen LogP contribution is -1.99. The molecule has 0 amide bonds. The van der Waals surface area contributed by atoms with E-state index < -0.39 is 6.10 Å². The number of aromatic nitrogens is 1. The zero-order valence-corrected chi connectivity index (χ0v) is 9.95. The van der Waals surface area contributed by atoms with Gasteiger partial charge in [0.2, 0.25) is 0 Å². The van der Waals surface area contributed by atoms with Crippen molar-refractivity contribution in [2.45, 2.75) is 24.9 Å². The van der Waals surface area contributed by atoms with Crippen LogP contribution >= 0.6 is 11.3 Å². The van der Waals surface area contributed by atoms with Crippen molar-refractivity contribution < 1.29 is 9.50 Å². The molecule has 4 heteroatoms. The maximum Gasteiger partial charge on any atom is 0.131 e. The van der Waals surface area contributed by atoms with E-state index in [1.54, 1.807) is 12.1 Å². The molecular weight excluding hydrogens is 237 g/mol. The van der Waals surface area contributed by atoms with Gasteiger partial charge >= 0.3 is 0 Å². The molecule has 88 valence electrons. The summed E-state index contributed by atoms with van der Waals surface area (Å²) in [6.45, 7) is 0. The number of halogens is 1. The van der Waals surface area contributed by atoms with Gasteiger partial charge in [0.05, 0.1) is 5.69 Å². The molecule has 2 aromatic rings. The average molecular weight is 249 g/mol. The van der Waals surface area contributed by atoms with Crippen molar-refractivity contribution in [2.24, 2.45) is 0 Å². The van der Waals surface area contributed by atoms with E-state index in [2.05, 4.69) is 4.98 Å². The summed E-state index contributed by atoms with van der Waals surface area (Å²) in [6.07, 6.45) is 1.67. The van der Waals surface area contributed by atoms with Gasteiger partial charge in [0.25, 0.3) is 0 Å². The highest BCUT2D eigenvalue weighted by Gasteiger charge is 2.27. The molecule has 0 aliphatic heterocycles. The van der Waals surface area contributed by atoms with E-state index in [1.165, 1.54) is 36.3 Å². The van der Waals surface area contributed by atoms with Crippen molar-refractivity contribution >= 4 is 11.3 Å². The van der Waals surface area contributed by atoms with Crippen molar-refractivity contribution in [2.75, 3.05) is 0 Å². The fraction of sp³-hybridized carbons (Fsp3) is 0.308. The molecule has 1 fully saturated rings. The lowest BCUT2D eigenvalue weighted by Gasteiger charge is -2.07. The van der Waals surface area contributed by atoms with E-state index >= 15 is 0 Å². The third-order valence-electron chi connectivity index (χ3n) is 2.95. The molecule has 1 aromatic carbocycles. The molecule has 1 aliphatic carbocycles. The maximum atomic E-state index is 12.8. The minimum atomic E-state index is -0.742. The lowest BCUT2D eigenvalue weighted by atomic mass is 10.1. The fourth-order valence-electron chi connectivity index (χ4n) is 1.78. The first kappa shape index (κ1) is 10.9. The van der Waals surface area contributed by atoms with E-state index in [4.69, 9.17) is 0 Å². The lowest BCUT2D eigenvalue weighted by molar-refractivity contribution is 0.219. The van der Waals surface area contributed by atoms with E-state index in [0.29, 0.717) is 16.5 Å². The van der Waals surface area contributed by atoms with Crippen LogP contribution in [0.25, 0.3) is 0 Å². The number of rotatable bonds is 3. The van der Waals surface area contributed by atoms with Gasteiger partial charge in [0.1, 0.15) is 16.9 Å². The number of hydrogen-bond acceptors (Lipinski definition) is 3. The Labute approximate surface area is 103 Å². The number of hydrogen-bond donors (Lipinski definition) is 1. The largest absolute Gasteiger partial charge is 0.381 e. The Morgan fingerprint density at radius 2 is 2.00 bits per heavy atom. The number of thiazole rings is 1. The van der Waals surface area contributed by atoms with Gasteiger partial charge in [-0.1, -0.05) is 12.1 Å². The third-order valence-corrected chi connectivity index (χ3v) is 3.87. The summed E-state index contributed by atoms with van der Waals surface area (Å²) in [5.41, 5.74) is 1.77. The molecule has 3 rings (SSSR count). The summed E-state index contributed by atoms with van der Waals surface area (Å²) in [6, 6.07) is 5.90. The van der Waals surface area contributed by atoms with Crippen molar-refractivity contribution in [3.05, 3.63) is 51.7 Å². The molecule has 1 aliphatic rings. The first-order valence-electron chi connectivity index (χ1n) is 5.63. The minimum Gasteiger partial charge on any atom is -0.381 e. The summed E-state index contributed by atoms with van der Waals surface area (Å²) in [4.78, 5) is 4.45. The topological polar surface area (TPSA) is 33.1 Å². The molecule has 1 unspecified atom stereocenters. The van der Waals surface area contributed by atoms with Gasteiger partial charge in [0.15, 0.2) is 0 Å². The van der Waals surface area contributed by atoms with Crippen molar-refractivity contribution in [3.8, 4) is 0 Å². The van der Waals surface area contributed by atoms with Crippen LogP contribution in [0.3, 0.4) is 0 Å². The van der Waals surface area contributed by atoms with E-state index in [0.717, 1.165) is 5.69 Å². The summed E-state index contributed by atoms with van der Waals surface area (Å²) in [5, 5.41) is 12.8. The first-order chi connectivity index (χ1) is 8.24. The van der Waals surface area contributed by atoms with E-state index in [-0.39, 0.29) is 5.82 Å². The SMILES string of the molecule is OC(c1ccc(F)cc1)c1nc(C2CC2)cs1. The average Bonchev–Trinajstić information content (AvgIpc) is 3.07. The van der Waals surface area contributed by atoms with Crippen LogP contribution in [-0.2, 0) is 0 Å². The number of benzene rings is 1. The second-order valence-electron chi connectivity index (χ2n) is 4.34. The maximum absolute atomic E-state index is 12.8. The smallest absolute Gasteiger partial charge is 0.131 e. The van der Waals surface area contributed by atoms with Crippen LogP contribution in [0.1, 0.15) is 41.1 Å². The van der Waals surface area contributed by atoms with Crippen LogP contribution in [0, 0.1) is 5.82 Å². The van der Waals surface area contributed by atoms with E-state index in [1.807, 2.05) is 5.38 Å². The van der Waals surface area contributed by atoms with Gasteiger partial charge < -0.3 is 5.11 Å². The van der Waals surface area contributed by atoms with Crippen LogP contribution in [0.2, 0.25) is 0 Å². The van der Waals surface area contributed by atoms with Gasteiger partial charge in [-0.2, -0.15) is 0 Å². The molecule has 1 aromatic heterocycles. The molecule has 1 N–H and O–H groups in total. The second-order valence-corrected chi connectivity index (χ2v) is 5.23. The molecule has 2 nitrogen and oxygen atoms in total. The Morgan fingerprint density at radius 1 is 1.29 bits per heavy atom. The molecule has 1 saturated carbocycles. The molecule has 0 bridgehead atoms. The number of aliphatic hydroxyl groups is 1. The standard InChI is InChI=1S/C13H12FNOS/c14-10-5-3-9(4-6-10)12(16)13-15-11(7-17-13)8-1-2-8/h3-8,12,16H,1-2H2. The molecule has 0 radical (unpaired) electrons. The van der Waals surface area contributed by atoms with Gasteiger partial charge in [0, 0.05) is 11.3 Å². The first-order valence-corrected chi connectivity index (χ1v) is 6.51. The summed E-state index contributed by atoms with van der Waals surface area (Å²) >= 11 is 1.47. The third kappa shape index (κ3) is 2.23. The quantitative estimate of drug-likeness (QED) is 0.905. The van der Waals surface area contributed by atoms with Gasteiger partial charge in [-0.25, -0.2) is 9.37 Å². The number of aliphatic hydroxyl groups excluding tert-OH is 1. The van der Waals surface area contributed by atoms with Gasteiger partial charge in [-0.3, -0.25) is 0 Å². The van der Waals surface area contributed by atoms with Crippen LogP contribution < -0.4 is 0 Å². The highest BCUT2D eigenvalue weighted by molar-refractivity contribution is 7.09. The zero-order valence-electron chi connectivity index (χ0n) is 9.14. The van der Waals surface area contributed by atoms with Crippen molar-refractivity contribution in [1.82, 2.24) is 4.98 Å². The molecule has 0 spiro atoms. The zero-order chi connectivity index (χ0) is 11.8. The molecule has 0 saturated heterocycles. The second kappa shape index (κ2) is 4.20. The van der Waals surface area contributed by atoms with E-state index in [9.17, 15) is 9.50 Å². The Kier molecular flexibility index (Phi) is 2.68. The normalized spacial score (nSPS) is 17.1. The monoisotopic (exact) mass is 249 g/mol. The minimum absolute atomic E-state index is 0.293. The molecule has 17 heavy (non-hydrogen) atoms. The van der Waals surface area contributed by atoms with Crippen LogP contribution in [0.15, 0.2) is 29.6 Å². The fourth-order valence-corrected chi connectivity index (χ4v) is 2.69. The van der Waals surface area contributed by atoms with Gasteiger partial charge in [-0.15, -0.1) is 11.3 Å². The molecule has 1 atom stereocenters. The number of nitrogens with zero attached hydrogens (tertiary/aromatic N) is 1. The highest BCUT2D eigenvalue weighted by atomic mass is 32.1. The van der Waals surface area contributed by atoms with Gasteiger partial charge in [-0.05, 0) is 30.5 Å². The predicted octanol–water partition coefficient (Wildman–Crippen LogP) is 3.24. The summed E-state index contributed by atoms with van der Waals surface area (Å²) in [5.74, 6) is 0.305. The Hall–Kier alpha value is -1.26. The Balaban J connectivity index is 1.84. The summed E-state index contributed by atoms with van der Waals surface area (Å²) < 4.78 is 12.8. The Bertz CT molecular complexity index is 518. The van der Waals surface area contributed by atoms with Crippen molar-refractivity contribution in [3.63, 3.8) is 0 Å². The predicted molar refractivity (Wildman–Crippen MR) is 64.6 cm³/mol. The molecule has 1 heterocycles. The van der Waals surface area contributed by atoms with Crippen molar-refractivity contribution in [1.29, 1.82) is 0 Å². The van der Waals surface area contributed by atoms with Crippen LogP contribution in [0.5, 0.6) is 0 Å².